The molecule has 168 valence electrons. The summed E-state index contributed by atoms with van der Waals surface area (Å²) in [4.78, 5) is 13.8. The van der Waals surface area contributed by atoms with Crippen molar-refractivity contribution in [3.8, 4) is 5.75 Å². The third kappa shape index (κ3) is 6.09. The zero-order valence-electron chi connectivity index (χ0n) is 17.6. The molecule has 8 nitrogen and oxygen atoms in total. The van der Waals surface area contributed by atoms with Gasteiger partial charge in [-0.05, 0) is 62.1 Å². The molecule has 2 fully saturated rings. The lowest BCUT2D eigenvalue weighted by Crippen LogP contribution is -2.59. The highest BCUT2D eigenvalue weighted by Gasteiger charge is 2.37. The molecule has 0 radical (unpaired) electrons. The topological polar surface area (TPSA) is 105 Å². The summed E-state index contributed by atoms with van der Waals surface area (Å²) in [5.74, 6) is 0.688. The van der Waals surface area contributed by atoms with Crippen molar-refractivity contribution in [2.45, 2.75) is 62.6 Å². The van der Waals surface area contributed by atoms with Gasteiger partial charge in [0.1, 0.15) is 5.75 Å². The van der Waals surface area contributed by atoms with Gasteiger partial charge in [-0.15, -0.1) is 0 Å². The SMILES string of the molecule is COC(=O)N1CCC[C@H](NS(C)(=O)=O)[C@@H]1CO[C@H]1CC[C@@H](c2cccc(O)c2)CC1. The van der Waals surface area contributed by atoms with E-state index in [0.29, 0.717) is 25.3 Å². The molecule has 1 amide bonds. The molecule has 2 N–H and O–H groups in total. The van der Waals surface area contributed by atoms with Crippen LogP contribution in [0.5, 0.6) is 5.75 Å². The van der Waals surface area contributed by atoms with Gasteiger partial charge >= 0.3 is 6.09 Å². The van der Waals surface area contributed by atoms with Crippen molar-refractivity contribution in [3.63, 3.8) is 0 Å². The molecule has 1 aliphatic heterocycles. The van der Waals surface area contributed by atoms with Crippen molar-refractivity contribution < 1.29 is 27.8 Å². The number of piperidine rings is 1. The third-order valence-corrected chi connectivity index (χ3v) is 6.80. The van der Waals surface area contributed by atoms with Gasteiger partial charge in [-0.3, -0.25) is 0 Å². The predicted octanol–water partition coefficient (Wildman–Crippen LogP) is 2.58. The lowest BCUT2D eigenvalue weighted by molar-refractivity contribution is -0.0245. The van der Waals surface area contributed by atoms with Crippen molar-refractivity contribution in [1.82, 2.24) is 9.62 Å². The van der Waals surface area contributed by atoms with Gasteiger partial charge in [0.25, 0.3) is 0 Å². The normalized spacial score (nSPS) is 27.6. The van der Waals surface area contributed by atoms with Crippen molar-refractivity contribution in [2.24, 2.45) is 0 Å². The fraction of sp³-hybridized carbons (Fsp3) is 0.667. The van der Waals surface area contributed by atoms with E-state index < -0.39 is 28.2 Å². The van der Waals surface area contributed by atoms with Gasteiger partial charge in [0.15, 0.2) is 0 Å². The minimum Gasteiger partial charge on any atom is -0.508 e. The van der Waals surface area contributed by atoms with Crippen molar-refractivity contribution in [3.05, 3.63) is 29.8 Å². The maximum Gasteiger partial charge on any atom is 0.409 e. The van der Waals surface area contributed by atoms with Gasteiger partial charge < -0.3 is 19.5 Å². The number of ether oxygens (including phenoxy) is 2. The summed E-state index contributed by atoms with van der Waals surface area (Å²) in [6.07, 6.45) is 5.78. The highest BCUT2D eigenvalue weighted by atomic mass is 32.2. The molecule has 1 aromatic carbocycles. The summed E-state index contributed by atoms with van der Waals surface area (Å²) in [5.41, 5.74) is 1.15. The molecule has 0 unspecified atom stereocenters. The second-order valence-electron chi connectivity index (χ2n) is 8.27. The number of nitrogens with one attached hydrogen (secondary N) is 1. The van der Waals surface area contributed by atoms with Crippen LogP contribution in [0.4, 0.5) is 4.79 Å². The number of hydrogen-bond acceptors (Lipinski definition) is 6. The molecule has 0 spiro atoms. The highest BCUT2D eigenvalue weighted by molar-refractivity contribution is 7.88. The molecule has 2 aliphatic rings. The Balaban J connectivity index is 1.59. The lowest BCUT2D eigenvalue weighted by atomic mass is 9.82. The molecule has 1 heterocycles. The molecule has 0 bridgehead atoms. The smallest absolute Gasteiger partial charge is 0.409 e. The molecular formula is C21H32N2O6S. The van der Waals surface area contributed by atoms with Crippen LogP contribution >= 0.6 is 0 Å². The molecule has 2 atom stereocenters. The third-order valence-electron chi connectivity index (χ3n) is 6.07. The van der Waals surface area contributed by atoms with E-state index >= 15 is 0 Å². The average Bonchev–Trinajstić information content (AvgIpc) is 2.71. The van der Waals surface area contributed by atoms with Gasteiger partial charge in [0.2, 0.25) is 10.0 Å². The van der Waals surface area contributed by atoms with Crippen LogP contribution in [0, 0.1) is 0 Å². The van der Waals surface area contributed by atoms with E-state index in [2.05, 4.69) is 4.72 Å². The zero-order chi connectivity index (χ0) is 21.7. The largest absolute Gasteiger partial charge is 0.508 e. The van der Waals surface area contributed by atoms with Crippen LogP contribution in [-0.2, 0) is 19.5 Å². The van der Waals surface area contributed by atoms with Gasteiger partial charge in [-0.2, -0.15) is 0 Å². The Labute approximate surface area is 178 Å². The Hall–Kier alpha value is -1.84. The van der Waals surface area contributed by atoms with E-state index in [-0.39, 0.29) is 18.5 Å². The number of methoxy groups -OCH3 is 1. The summed E-state index contributed by atoms with van der Waals surface area (Å²) >= 11 is 0. The fourth-order valence-electron chi connectivity index (χ4n) is 4.60. The van der Waals surface area contributed by atoms with Crippen molar-refractivity contribution in [2.75, 3.05) is 26.5 Å². The number of benzene rings is 1. The number of amides is 1. The number of phenolic OH excluding ortho intramolecular Hbond substituents is 1. The lowest BCUT2D eigenvalue weighted by Gasteiger charge is -2.41. The van der Waals surface area contributed by atoms with Crippen LogP contribution in [0.2, 0.25) is 0 Å². The van der Waals surface area contributed by atoms with Crippen LogP contribution in [0.25, 0.3) is 0 Å². The second-order valence-corrected chi connectivity index (χ2v) is 10.1. The number of nitrogens with zero attached hydrogens (tertiary/aromatic N) is 1. The first-order valence-electron chi connectivity index (χ1n) is 10.5. The summed E-state index contributed by atoms with van der Waals surface area (Å²) < 4.78 is 37.3. The first kappa shape index (κ1) is 22.8. The maximum absolute atomic E-state index is 12.2. The number of rotatable bonds is 6. The van der Waals surface area contributed by atoms with E-state index in [9.17, 15) is 18.3 Å². The molecule has 1 aliphatic carbocycles. The summed E-state index contributed by atoms with van der Waals surface area (Å²) in [7, 11) is -2.07. The number of hydrogen-bond donors (Lipinski definition) is 2. The summed E-state index contributed by atoms with van der Waals surface area (Å²) in [5, 5.41) is 9.70. The highest BCUT2D eigenvalue weighted by Crippen LogP contribution is 2.35. The molecule has 1 saturated carbocycles. The van der Waals surface area contributed by atoms with E-state index in [1.165, 1.54) is 7.11 Å². The molecule has 9 heteroatoms. The summed E-state index contributed by atoms with van der Waals surface area (Å²) in [6.45, 7) is 0.788. The molecule has 1 saturated heterocycles. The van der Waals surface area contributed by atoms with E-state index in [1.54, 1.807) is 11.0 Å². The minimum atomic E-state index is -3.40. The van der Waals surface area contributed by atoms with Gasteiger partial charge in [0, 0.05) is 12.6 Å². The number of carbonyl (C=O) groups excluding carboxylic acids is 1. The number of aromatic hydroxyl groups is 1. The average molecular weight is 441 g/mol. The van der Waals surface area contributed by atoms with Crippen molar-refractivity contribution >= 4 is 16.1 Å². The number of phenols is 1. The Bertz CT molecular complexity index is 823. The number of carbonyl (C=O) groups is 1. The molecule has 30 heavy (non-hydrogen) atoms. The Morgan fingerprint density at radius 2 is 1.97 bits per heavy atom. The van der Waals surface area contributed by atoms with E-state index in [4.69, 9.17) is 9.47 Å². The Morgan fingerprint density at radius 3 is 2.60 bits per heavy atom. The van der Waals surface area contributed by atoms with Crippen LogP contribution in [-0.4, -0.2) is 69.2 Å². The van der Waals surface area contributed by atoms with Crippen molar-refractivity contribution in [1.29, 1.82) is 0 Å². The first-order chi connectivity index (χ1) is 14.3. The maximum atomic E-state index is 12.2. The standard InChI is InChI=1S/C21H32N2O6S/c1-28-21(25)23-12-4-7-19(22-30(2,26)27)20(23)14-29-18-10-8-15(9-11-18)16-5-3-6-17(24)13-16/h3,5-6,13,15,18-20,22,24H,4,7-12,14H2,1-2H3/t15-,18+,19-,20-/m0/s1. The van der Waals surface area contributed by atoms with Gasteiger partial charge in [0.05, 0.1) is 32.1 Å². The monoisotopic (exact) mass is 440 g/mol. The zero-order valence-corrected chi connectivity index (χ0v) is 18.4. The predicted molar refractivity (Wildman–Crippen MR) is 113 cm³/mol. The van der Waals surface area contributed by atoms with Crippen LogP contribution in [0.1, 0.15) is 50.0 Å². The molecule has 3 rings (SSSR count). The van der Waals surface area contributed by atoms with E-state index in [0.717, 1.165) is 37.5 Å². The molecular weight excluding hydrogens is 408 g/mol. The molecule has 1 aromatic rings. The second kappa shape index (κ2) is 9.98. The fourth-order valence-corrected chi connectivity index (χ4v) is 5.42. The first-order valence-corrected chi connectivity index (χ1v) is 12.4. The van der Waals surface area contributed by atoms with Crippen LogP contribution in [0.15, 0.2) is 24.3 Å². The molecule has 0 aromatic heterocycles. The van der Waals surface area contributed by atoms with Crippen LogP contribution < -0.4 is 4.72 Å². The summed E-state index contributed by atoms with van der Waals surface area (Å²) in [6, 6.07) is 6.62. The van der Waals surface area contributed by atoms with E-state index in [1.807, 2.05) is 18.2 Å². The number of sulfonamides is 1. The Kier molecular flexibility index (Phi) is 7.60. The minimum absolute atomic E-state index is 0.0684. The quantitative estimate of drug-likeness (QED) is 0.704. The van der Waals surface area contributed by atoms with Gasteiger partial charge in [-0.1, -0.05) is 12.1 Å². The Morgan fingerprint density at radius 1 is 1.23 bits per heavy atom. The number of likely N-dealkylation sites (tertiary alicyclic amines) is 1. The van der Waals surface area contributed by atoms with Crippen LogP contribution in [0.3, 0.4) is 0 Å². The van der Waals surface area contributed by atoms with Gasteiger partial charge in [-0.25, -0.2) is 17.9 Å².